The van der Waals surface area contributed by atoms with Gasteiger partial charge in [-0.1, -0.05) is 0 Å². The third kappa shape index (κ3) is 7.39. The van der Waals surface area contributed by atoms with E-state index in [1.807, 2.05) is 0 Å². The molecule has 0 aromatic heterocycles. The van der Waals surface area contributed by atoms with E-state index in [2.05, 4.69) is 4.74 Å². The molecule has 0 amide bonds. The standard InChI is InChI=1S/C6H13NO3/c1-5(7)9-3-4-10-6(2)8/h5H,3-4,7H2,1-2H3. The zero-order valence-electron chi connectivity index (χ0n) is 6.29. The van der Waals surface area contributed by atoms with Gasteiger partial charge >= 0.3 is 5.97 Å². The van der Waals surface area contributed by atoms with Crippen LogP contribution in [0.15, 0.2) is 0 Å². The molecule has 0 aliphatic heterocycles. The Morgan fingerprint density at radius 1 is 1.60 bits per heavy atom. The highest BCUT2D eigenvalue weighted by molar-refractivity contribution is 5.65. The highest BCUT2D eigenvalue weighted by Crippen LogP contribution is 1.81. The summed E-state index contributed by atoms with van der Waals surface area (Å²) >= 11 is 0. The Kier molecular flexibility index (Phi) is 4.88. The molecule has 4 heteroatoms. The second-order valence-electron chi connectivity index (χ2n) is 1.92. The molecule has 0 bridgehead atoms. The van der Waals surface area contributed by atoms with Gasteiger partial charge in [-0.05, 0) is 6.92 Å². The Morgan fingerprint density at radius 2 is 2.20 bits per heavy atom. The summed E-state index contributed by atoms with van der Waals surface area (Å²) in [7, 11) is 0. The summed E-state index contributed by atoms with van der Waals surface area (Å²) < 4.78 is 9.47. The van der Waals surface area contributed by atoms with Gasteiger partial charge in [0.15, 0.2) is 0 Å². The van der Waals surface area contributed by atoms with Crippen molar-refractivity contribution in [3.63, 3.8) is 0 Å². The predicted molar refractivity (Wildman–Crippen MR) is 36.2 cm³/mol. The molecule has 0 aliphatic carbocycles. The molecule has 10 heavy (non-hydrogen) atoms. The van der Waals surface area contributed by atoms with Crippen LogP contribution in [0.1, 0.15) is 13.8 Å². The van der Waals surface area contributed by atoms with Crippen LogP contribution >= 0.6 is 0 Å². The number of carbonyl (C=O) groups is 1. The molecule has 0 radical (unpaired) electrons. The van der Waals surface area contributed by atoms with Gasteiger partial charge in [0.25, 0.3) is 0 Å². The van der Waals surface area contributed by atoms with Crippen LogP contribution in [-0.4, -0.2) is 25.4 Å². The minimum atomic E-state index is -0.298. The third-order valence-corrected chi connectivity index (χ3v) is 0.769. The van der Waals surface area contributed by atoms with E-state index in [-0.39, 0.29) is 18.8 Å². The van der Waals surface area contributed by atoms with Crippen LogP contribution in [0.5, 0.6) is 0 Å². The first-order chi connectivity index (χ1) is 4.63. The lowest BCUT2D eigenvalue weighted by Crippen LogP contribution is -2.21. The third-order valence-electron chi connectivity index (χ3n) is 0.769. The van der Waals surface area contributed by atoms with Gasteiger partial charge in [-0.15, -0.1) is 0 Å². The van der Waals surface area contributed by atoms with Crippen molar-refractivity contribution >= 4 is 5.97 Å². The van der Waals surface area contributed by atoms with Gasteiger partial charge in [0, 0.05) is 6.92 Å². The maximum Gasteiger partial charge on any atom is 0.302 e. The van der Waals surface area contributed by atoms with Gasteiger partial charge in [-0.25, -0.2) is 0 Å². The molecule has 0 aliphatic rings. The lowest BCUT2D eigenvalue weighted by atomic mass is 10.6. The minimum Gasteiger partial charge on any atom is -0.463 e. The topological polar surface area (TPSA) is 61.5 Å². The molecule has 1 unspecified atom stereocenters. The summed E-state index contributed by atoms with van der Waals surface area (Å²) in [6.07, 6.45) is -0.296. The number of esters is 1. The highest BCUT2D eigenvalue weighted by Gasteiger charge is 1.94. The maximum atomic E-state index is 10.2. The molecule has 0 heterocycles. The van der Waals surface area contributed by atoms with Crippen molar-refractivity contribution in [2.45, 2.75) is 20.1 Å². The first-order valence-corrected chi connectivity index (χ1v) is 3.13. The summed E-state index contributed by atoms with van der Waals surface area (Å²) in [5, 5.41) is 0. The molecule has 1 atom stereocenters. The molecule has 2 N–H and O–H groups in total. The monoisotopic (exact) mass is 147 g/mol. The van der Waals surface area contributed by atoms with Crippen molar-refractivity contribution in [3.05, 3.63) is 0 Å². The molecule has 0 aromatic rings. The average molecular weight is 147 g/mol. The number of ether oxygens (including phenoxy) is 2. The number of hydrogen-bond donors (Lipinski definition) is 1. The SMILES string of the molecule is CC(=O)OCCOC(C)N. The quantitative estimate of drug-likeness (QED) is 0.342. The zero-order chi connectivity index (χ0) is 7.98. The van der Waals surface area contributed by atoms with Crippen LogP contribution < -0.4 is 5.73 Å². The maximum absolute atomic E-state index is 10.2. The fraction of sp³-hybridized carbons (Fsp3) is 0.833. The lowest BCUT2D eigenvalue weighted by molar-refractivity contribution is -0.143. The van der Waals surface area contributed by atoms with E-state index in [0.717, 1.165) is 0 Å². The highest BCUT2D eigenvalue weighted by atomic mass is 16.6. The van der Waals surface area contributed by atoms with Crippen molar-refractivity contribution in [2.75, 3.05) is 13.2 Å². The molecule has 0 aromatic carbocycles. The Hall–Kier alpha value is -0.610. The Balaban J connectivity index is 2.98. The zero-order valence-corrected chi connectivity index (χ0v) is 6.29. The van der Waals surface area contributed by atoms with Crippen molar-refractivity contribution in [1.29, 1.82) is 0 Å². The van der Waals surface area contributed by atoms with Gasteiger partial charge < -0.3 is 15.2 Å². The summed E-state index contributed by atoms with van der Waals surface area (Å²) in [5.74, 6) is -0.298. The molecule has 60 valence electrons. The van der Waals surface area contributed by atoms with Gasteiger partial charge in [0.1, 0.15) is 12.8 Å². The van der Waals surface area contributed by atoms with E-state index in [0.29, 0.717) is 6.61 Å². The Morgan fingerprint density at radius 3 is 2.60 bits per heavy atom. The van der Waals surface area contributed by atoms with Crippen LogP contribution in [0, 0.1) is 0 Å². The number of hydrogen-bond acceptors (Lipinski definition) is 4. The molecule has 0 rings (SSSR count). The fourth-order valence-corrected chi connectivity index (χ4v) is 0.419. The first-order valence-electron chi connectivity index (χ1n) is 3.13. The summed E-state index contributed by atoms with van der Waals surface area (Å²) in [6.45, 7) is 3.70. The second-order valence-corrected chi connectivity index (χ2v) is 1.92. The summed E-state index contributed by atoms with van der Waals surface area (Å²) in [4.78, 5) is 10.2. The van der Waals surface area contributed by atoms with E-state index >= 15 is 0 Å². The molecule has 0 saturated heterocycles. The average Bonchev–Trinajstić information content (AvgIpc) is 1.79. The second kappa shape index (κ2) is 5.20. The Bertz CT molecular complexity index is 103. The lowest BCUT2D eigenvalue weighted by Gasteiger charge is -2.06. The van der Waals surface area contributed by atoms with Crippen molar-refractivity contribution in [1.82, 2.24) is 0 Å². The first kappa shape index (κ1) is 9.39. The molecular weight excluding hydrogens is 134 g/mol. The fourth-order valence-electron chi connectivity index (χ4n) is 0.419. The number of carbonyl (C=O) groups excluding carboxylic acids is 1. The smallest absolute Gasteiger partial charge is 0.302 e. The molecular formula is C6H13NO3. The molecule has 0 spiro atoms. The Labute approximate surface area is 60.3 Å². The minimum absolute atomic E-state index is 0.275. The van der Waals surface area contributed by atoms with Crippen LogP contribution in [-0.2, 0) is 14.3 Å². The van der Waals surface area contributed by atoms with Crippen molar-refractivity contribution in [3.8, 4) is 0 Å². The van der Waals surface area contributed by atoms with Crippen LogP contribution in [0.3, 0.4) is 0 Å². The van der Waals surface area contributed by atoms with Crippen LogP contribution in [0.4, 0.5) is 0 Å². The van der Waals surface area contributed by atoms with Gasteiger partial charge in [-0.2, -0.15) is 0 Å². The molecule has 0 fully saturated rings. The normalized spacial score (nSPS) is 12.7. The van der Waals surface area contributed by atoms with Crippen molar-refractivity contribution < 1.29 is 14.3 Å². The van der Waals surface area contributed by atoms with Gasteiger partial charge in [-0.3, -0.25) is 4.79 Å². The van der Waals surface area contributed by atoms with E-state index in [1.54, 1.807) is 6.92 Å². The van der Waals surface area contributed by atoms with Gasteiger partial charge in [0.05, 0.1) is 6.61 Å². The largest absolute Gasteiger partial charge is 0.463 e. The molecule has 4 nitrogen and oxygen atoms in total. The van der Waals surface area contributed by atoms with Crippen molar-refractivity contribution in [2.24, 2.45) is 5.73 Å². The summed E-state index contributed by atoms with van der Waals surface area (Å²) in [6, 6.07) is 0. The van der Waals surface area contributed by atoms with E-state index in [1.165, 1.54) is 6.92 Å². The number of nitrogens with two attached hydrogens (primary N) is 1. The molecule has 0 saturated carbocycles. The predicted octanol–water partition coefficient (Wildman–Crippen LogP) is -0.129. The van der Waals surface area contributed by atoms with E-state index in [4.69, 9.17) is 10.5 Å². The van der Waals surface area contributed by atoms with E-state index < -0.39 is 0 Å². The van der Waals surface area contributed by atoms with Gasteiger partial charge in [0.2, 0.25) is 0 Å². The van der Waals surface area contributed by atoms with E-state index in [9.17, 15) is 4.79 Å². The van der Waals surface area contributed by atoms with Crippen LogP contribution in [0.2, 0.25) is 0 Å². The number of rotatable bonds is 4. The van der Waals surface area contributed by atoms with Crippen LogP contribution in [0.25, 0.3) is 0 Å². The summed E-state index contributed by atoms with van der Waals surface area (Å²) in [5.41, 5.74) is 5.25.